The second-order valence-corrected chi connectivity index (χ2v) is 5.38. The van der Waals surface area contributed by atoms with Gasteiger partial charge < -0.3 is 5.73 Å². The molecule has 0 aliphatic carbocycles. The fraction of sp³-hybridized carbons (Fsp3) is 0.267. The Labute approximate surface area is 113 Å². The first-order valence-corrected chi connectivity index (χ1v) is 7.02. The Hall–Kier alpha value is -1.32. The van der Waals surface area contributed by atoms with Gasteiger partial charge in [0.2, 0.25) is 0 Å². The maximum Gasteiger partial charge on any atom is 0.0968 e. The third kappa shape index (κ3) is 3.34. The average molecular weight is 258 g/mol. The van der Waals surface area contributed by atoms with Crippen LogP contribution in [0.5, 0.6) is 0 Å². The molecule has 1 heterocycles. The van der Waals surface area contributed by atoms with E-state index in [1.165, 1.54) is 16.7 Å². The molecule has 0 spiro atoms. The highest BCUT2D eigenvalue weighted by Crippen LogP contribution is 2.23. The van der Waals surface area contributed by atoms with Crippen LogP contribution in [0.3, 0.4) is 0 Å². The van der Waals surface area contributed by atoms with Crippen molar-refractivity contribution in [2.24, 2.45) is 5.73 Å². The number of benzene rings is 1. The Morgan fingerprint density at radius 1 is 1.11 bits per heavy atom. The van der Waals surface area contributed by atoms with E-state index in [0.717, 1.165) is 16.5 Å². The summed E-state index contributed by atoms with van der Waals surface area (Å²) < 4.78 is 0. The largest absolute Gasteiger partial charge is 0.326 e. The number of nitrogens with two attached hydrogens (primary N) is 1. The van der Waals surface area contributed by atoms with Crippen molar-refractivity contribution >= 4 is 11.8 Å². The highest BCUT2D eigenvalue weighted by atomic mass is 32.2. The summed E-state index contributed by atoms with van der Waals surface area (Å²) in [6.45, 7) is 4.73. The number of hydrogen-bond acceptors (Lipinski definition) is 3. The Kier molecular flexibility index (Phi) is 4.39. The van der Waals surface area contributed by atoms with E-state index in [0.29, 0.717) is 6.54 Å². The molecule has 0 amide bonds. The molecule has 2 rings (SSSR count). The number of pyridine rings is 1. The summed E-state index contributed by atoms with van der Waals surface area (Å²) in [5.74, 6) is 0.920. The minimum absolute atomic E-state index is 0.594. The molecule has 0 bridgehead atoms. The Morgan fingerprint density at radius 2 is 1.83 bits per heavy atom. The van der Waals surface area contributed by atoms with Crippen LogP contribution in [-0.2, 0) is 12.3 Å². The van der Waals surface area contributed by atoms with Crippen molar-refractivity contribution in [2.45, 2.75) is 31.2 Å². The molecule has 0 atom stereocenters. The molecule has 0 aliphatic heterocycles. The van der Waals surface area contributed by atoms with Crippen LogP contribution in [0.15, 0.2) is 41.4 Å². The first-order chi connectivity index (χ1) is 8.69. The van der Waals surface area contributed by atoms with Crippen molar-refractivity contribution in [1.29, 1.82) is 0 Å². The van der Waals surface area contributed by atoms with Crippen molar-refractivity contribution in [3.8, 4) is 0 Å². The van der Waals surface area contributed by atoms with Gasteiger partial charge in [0.05, 0.1) is 5.03 Å². The van der Waals surface area contributed by atoms with E-state index in [1.807, 2.05) is 13.0 Å². The molecular formula is C15H18N2S. The highest BCUT2D eigenvalue weighted by molar-refractivity contribution is 7.98. The average Bonchev–Trinajstić information content (AvgIpc) is 2.35. The van der Waals surface area contributed by atoms with Gasteiger partial charge in [0, 0.05) is 18.0 Å². The molecule has 1 aromatic carbocycles. The van der Waals surface area contributed by atoms with Gasteiger partial charge in [-0.2, -0.15) is 0 Å². The molecule has 0 saturated carbocycles. The summed E-state index contributed by atoms with van der Waals surface area (Å²) in [4.78, 5) is 4.54. The predicted octanol–water partition coefficient (Wildman–Crippen LogP) is 3.45. The Morgan fingerprint density at radius 3 is 2.50 bits per heavy atom. The van der Waals surface area contributed by atoms with Gasteiger partial charge in [0.25, 0.3) is 0 Å². The van der Waals surface area contributed by atoms with Crippen LogP contribution in [0.1, 0.15) is 22.4 Å². The fourth-order valence-corrected chi connectivity index (χ4v) is 2.99. The SMILES string of the molecule is Cc1cc(C)nc(SCc2ccccc2CN)c1. The maximum absolute atomic E-state index is 5.74. The second kappa shape index (κ2) is 6.03. The molecule has 0 fully saturated rings. The molecule has 94 valence electrons. The lowest BCUT2D eigenvalue weighted by molar-refractivity contribution is 1.03. The van der Waals surface area contributed by atoms with Crippen LogP contribution in [0.4, 0.5) is 0 Å². The number of nitrogens with zero attached hydrogens (tertiary/aromatic N) is 1. The molecule has 0 radical (unpaired) electrons. The molecule has 0 aliphatic rings. The normalized spacial score (nSPS) is 10.6. The summed E-state index contributed by atoms with van der Waals surface area (Å²) in [5.41, 5.74) is 10.6. The van der Waals surface area contributed by atoms with Gasteiger partial charge in [0.1, 0.15) is 0 Å². The van der Waals surface area contributed by atoms with Gasteiger partial charge in [-0.3, -0.25) is 0 Å². The van der Waals surface area contributed by atoms with Gasteiger partial charge in [-0.15, -0.1) is 11.8 Å². The smallest absolute Gasteiger partial charge is 0.0968 e. The minimum Gasteiger partial charge on any atom is -0.326 e. The lowest BCUT2D eigenvalue weighted by atomic mass is 10.1. The van der Waals surface area contributed by atoms with E-state index >= 15 is 0 Å². The summed E-state index contributed by atoms with van der Waals surface area (Å²) in [5, 5.41) is 1.08. The lowest BCUT2D eigenvalue weighted by Crippen LogP contribution is -2.00. The molecule has 0 saturated heterocycles. The molecular weight excluding hydrogens is 240 g/mol. The van der Waals surface area contributed by atoms with Crippen molar-refractivity contribution in [1.82, 2.24) is 4.98 Å². The van der Waals surface area contributed by atoms with Crippen molar-refractivity contribution < 1.29 is 0 Å². The van der Waals surface area contributed by atoms with Crippen LogP contribution in [0.25, 0.3) is 0 Å². The molecule has 2 N–H and O–H groups in total. The van der Waals surface area contributed by atoms with Gasteiger partial charge in [-0.1, -0.05) is 24.3 Å². The van der Waals surface area contributed by atoms with E-state index in [1.54, 1.807) is 11.8 Å². The second-order valence-electron chi connectivity index (χ2n) is 4.39. The minimum atomic E-state index is 0.594. The first kappa shape index (κ1) is 13.1. The molecule has 1 aromatic heterocycles. The van der Waals surface area contributed by atoms with Crippen LogP contribution in [0.2, 0.25) is 0 Å². The molecule has 18 heavy (non-hydrogen) atoms. The summed E-state index contributed by atoms with van der Waals surface area (Å²) in [6, 6.07) is 12.5. The van der Waals surface area contributed by atoms with Crippen LogP contribution in [0, 0.1) is 13.8 Å². The van der Waals surface area contributed by atoms with Crippen molar-refractivity contribution in [2.75, 3.05) is 0 Å². The summed E-state index contributed by atoms with van der Waals surface area (Å²) >= 11 is 1.76. The monoisotopic (exact) mass is 258 g/mol. The zero-order valence-corrected chi connectivity index (χ0v) is 11.6. The zero-order chi connectivity index (χ0) is 13.0. The standard InChI is InChI=1S/C15H18N2S/c1-11-7-12(2)17-15(8-11)18-10-14-6-4-3-5-13(14)9-16/h3-8H,9-10,16H2,1-2H3. The summed E-state index contributed by atoms with van der Waals surface area (Å²) in [6.07, 6.45) is 0. The zero-order valence-electron chi connectivity index (χ0n) is 10.8. The van der Waals surface area contributed by atoms with E-state index in [-0.39, 0.29) is 0 Å². The maximum atomic E-state index is 5.74. The number of rotatable bonds is 4. The number of hydrogen-bond donors (Lipinski definition) is 1. The number of aryl methyl sites for hydroxylation is 2. The van der Waals surface area contributed by atoms with Crippen LogP contribution in [-0.4, -0.2) is 4.98 Å². The predicted molar refractivity (Wildman–Crippen MR) is 77.6 cm³/mol. The third-order valence-electron chi connectivity index (χ3n) is 2.79. The first-order valence-electron chi connectivity index (χ1n) is 6.04. The highest BCUT2D eigenvalue weighted by Gasteiger charge is 2.03. The quantitative estimate of drug-likeness (QED) is 0.854. The lowest BCUT2D eigenvalue weighted by Gasteiger charge is -2.07. The van der Waals surface area contributed by atoms with Gasteiger partial charge >= 0.3 is 0 Å². The third-order valence-corrected chi connectivity index (χ3v) is 3.75. The topological polar surface area (TPSA) is 38.9 Å². The number of thioether (sulfide) groups is 1. The Balaban J connectivity index is 2.11. The molecule has 0 unspecified atom stereocenters. The summed E-state index contributed by atoms with van der Waals surface area (Å²) in [7, 11) is 0. The van der Waals surface area contributed by atoms with E-state index < -0.39 is 0 Å². The Bertz CT molecular complexity index is 518. The van der Waals surface area contributed by atoms with E-state index in [4.69, 9.17) is 5.73 Å². The van der Waals surface area contributed by atoms with E-state index in [2.05, 4.69) is 42.2 Å². The van der Waals surface area contributed by atoms with Crippen molar-refractivity contribution in [3.05, 3.63) is 58.8 Å². The van der Waals surface area contributed by atoms with Gasteiger partial charge in [-0.25, -0.2) is 4.98 Å². The van der Waals surface area contributed by atoms with E-state index in [9.17, 15) is 0 Å². The van der Waals surface area contributed by atoms with Crippen LogP contribution < -0.4 is 5.73 Å². The number of aromatic nitrogens is 1. The molecule has 2 aromatic rings. The molecule has 3 heteroatoms. The van der Waals surface area contributed by atoms with Crippen molar-refractivity contribution in [3.63, 3.8) is 0 Å². The van der Waals surface area contributed by atoms with Gasteiger partial charge in [0.15, 0.2) is 0 Å². The fourth-order valence-electron chi connectivity index (χ4n) is 1.93. The van der Waals surface area contributed by atoms with Crippen LogP contribution >= 0.6 is 11.8 Å². The molecule has 2 nitrogen and oxygen atoms in total. The van der Waals surface area contributed by atoms with Gasteiger partial charge in [-0.05, 0) is 42.7 Å².